The molecule has 0 saturated heterocycles. The van der Waals surface area contributed by atoms with E-state index in [1.165, 1.54) is 5.01 Å². The van der Waals surface area contributed by atoms with Crippen LogP contribution in [-0.4, -0.2) is 49.7 Å². The summed E-state index contributed by atoms with van der Waals surface area (Å²) in [6.45, 7) is 2.86. The van der Waals surface area contributed by atoms with Crippen molar-refractivity contribution in [3.05, 3.63) is 59.7 Å². The van der Waals surface area contributed by atoms with Gasteiger partial charge in [-0.25, -0.2) is 5.01 Å². The van der Waals surface area contributed by atoms with E-state index in [1.54, 1.807) is 13.3 Å². The number of hydrogen-bond donors (Lipinski definition) is 0. The molecule has 1 aliphatic heterocycles. The molecule has 0 unspecified atom stereocenters. The highest BCUT2D eigenvalue weighted by Crippen LogP contribution is 2.29. The summed E-state index contributed by atoms with van der Waals surface area (Å²) in [5.74, 6) is 1.10. The molecule has 0 bridgehead atoms. The predicted octanol–water partition coefficient (Wildman–Crippen LogP) is 3.47. The minimum Gasteiger partial charge on any atom is -0.493 e. The maximum Gasteiger partial charge on any atom is 0.283 e. The van der Waals surface area contributed by atoms with E-state index in [4.69, 9.17) is 14.3 Å². The molecule has 152 valence electrons. The molecular formula is C22H25N3O4. The summed E-state index contributed by atoms with van der Waals surface area (Å²) in [6, 6.07) is 15.2. The molecule has 0 N–H and O–H groups in total. The van der Waals surface area contributed by atoms with Crippen molar-refractivity contribution < 1.29 is 19.1 Å². The summed E-state index contributed by atoms with van der Waals surface area (Å²) in [5, 5.41) is 9.82. The van der Waals surface area contributed by atoms with Crippen LogP contribution >= 0.6 is 0 Å². The second-order valence-electron chi connectivity index (χ2n) is 6.38. The van der Waals surface area contributed by atoms with Gasteiger partial charge in [0.2, 0.25) is 0 Å². The minimum atomic E-state index is -0.231. The average molecular weight is 395 g/mol. The van der Waals surface area contributed by atoms with E-state index in [0.29, 0.717) is 24.7 Å². The van der Waals surface area contributed by atoms with Crippen molar-refractivity contribution in [1.82, 2.24) is 5.01 Å². The van der Waals surface area contributed by atoms with Crippen molar-refractivity contribution in [3.63, 3.8) is 0 Å². The number of methoxy groups -OCH3 is 1. The molecule has 0 saturated carbocycles. The summed E-state index contributed by atoms with van der Waals surface area (Å²) >= 11 is 0. The molecule has 0 aliphatic carbocycles. The molecule has 0 radical (unpaired) electrons. The summed E-state index contributed by atoms with van der Waals surface area (Å²) in [4.78, 5) is 17.6. The summed E-state index contributed by atoms with van der Waals surface area (Å²) < 4.78 is 11.0. The molecule has 0 aromatic heterocycles. The normalized spacial score (nSPS) is 13.9. The van der Waals surface area contributed by atoms with Crippen LogP contribution in [0.4, 0.5) is 0 Å². The Morgan fingerprint density at radius 3 is 2.79 bits per heavy atom. The maximum atomic E-state index is 12.4. The molecule has 2 aromatic carbocycles. The molecule has 3 rings (SSSR count). The number of rotatable bonds is 8. The number of amides is 1. The number of nitrogens with zero attached hydrogens (tertiary/aromatic N) is 3. The third-order valence-electron chi connectivity index (χ3n) is 4.37. The Bertz CT molecular complexity index is 881. The Morgan fingerprint density at radius 2 is 2.03 bits per heavy atom. The van der Waals surface area contributed by atoms with Crippen molar-refractivity contribution in [2.24, 2.45) is 10.3 Å². The highest BCUT2D eigenvalue weighted by Gasteiger charge is 2.20. The fourth-order valence-electron chi connectivity index (χ4n) is 2.95. The largest absolute Gasteiger partial charge is 0.493 e. The quantitative estimate of drug-likeness (QED) is 0.507. The zero-order chi connectivity index (χ0) is 20.5. The van der Waals surface area contributed by atoms with Crippen molar-refractivity contribution in [1.29, 1.82) is 0 Å². The highest BCUT2D eigenvalue weighted by molar-refractivity contribution is 6.02. The Morgan fingerprint density at radius 1 is 1.21 bits per heavy atom. The molecule has 29 heavy (non-hydrogen) atoms. The van der Waals surface area contributed by atoms with E-state index in [0.717, 1.165) is 29.7 Å². The van der Waals surface area contributed by atoms with Crippen LogP contribution in [0.2, 0.25) is 0 Å². The Balaban J connectivity index is 1.64. The van der Waals surface area contributed by atoms with Crippen LogP contribution < -0.4 is 9.47 Å². The van der Waals surface area contributed by atoms with Gasteiger partial charge >= 0.3 is 0 Å². The number of ether oxygens (including phenoxy) is 2. The molecule has 2 aromatic rings. The first kappa shape index (κ1) is 20.4. The first-order valence-electron chi connectivity index (χ1n) is 9.60. The number of hydrogen-bond acceptors (Lipinski definition) is 6. The summed E-state index contributed by atoms with van der Waals surface area (Å²) in [7, 11) is 1.61. The second kappa shape index (κ2) is 10.3. The molecule has 7 nitrogen and oxygen atoms in total. The van der Waals surface area contributed by atoms with Crippen molar-refractivity contribution in [2.45, 2.75) is 19.8 Å². The van der Waals surface area contributed by atoms with E-state index in [2.05, 4.69) is 10.3 Å². The molecule has 0 spiro atoms. The molecule has 1 aliphatic rings. The SMILES string of the molecule is CCOc1cc(C2=NN(C(=O)CON=Cc3ccccc3)CCC2)ccc1OC. The lowest BCUT2D eigenvalue weighted by Crippen LogP contribution is -2.34. The van der Waals surface area contributed by atoms with Gasteiger partial charge in [0.1, 0.15) is 0 Å². The Labute approximate surface area is 170 Å². The van der Waals surface area contributed by atoms with Gasteiger partial charge < -0.3 is 14.3 Å². The molecule has 0 atom stereocenters. The average Bonchev–Trinajstić information content (AvgIpc) is 2.77. The van der Waals surface area contributed by atoms with Crippen molar-refractivity contribution in [2.75, 3.05) is 26.9 Å². The Hall–Kier alpha value is -3.35. The van der Waals surface area contributed by atoms with E-state index in [-0.39, 0.29) is 12.5 Å². The van der Waals surface area contributed by atoms with Gasteiger partial charge in [-0.2, -0.15) is 5.10 Å². The first-order valence-corrected chi connectivity index (χ1v) is 9.60. The second-order valence-corrected chi connectivity index (χ2v) is 6.38. The van der Waals surface area contributed by atoms with Crippen LogP contribution in [0.3, 0.4) is 0 Å². The van der Waals surface area contributed by atoms with Gasteiger partial charge in [0.15, 0.2) is 18.1 Å². The van der Waals surface area contributed by atoms with Gasteiger partial charge in [0.05, 0.1) is 25.6 Å². The van der Waals surface area contributed by atoms with E-state index in [9.17, 15) is 4.79 Å². The lowest BCUT2D eigenvalue weighted by Gasteiger charge is -2.23. The standard InChI is InChI=1S/C22H25N3O4/c1-3-28-21-14-18(11-12-20(21)27-2)19-10-7-13-25(24-19)22(26)16-29-23-15-17-8-5-4-6-9-17/h4-6,8-9,11-12,14-15H,3,7,10,13,16H2,1-2H3. The van der Waals surface area contributed by atoms with Crippen LogP contribution in [0, 0.1) is 0 Å². The van der Waals surface area contributed by atoms with Gasteiger partial charge in [-0.15, -0.1) is 0 Å². The van der Waals surface area contributed by atoms with Crippen LogP contribution in [0.1, 0.15) is 30.9 Å². The number of benzene rings is 2. The topological polar surface area (TPSA) is 72.7 Å². The monoisotopic (exact) mass is 395 g/mol. The molecular weight excluding hydrogens is 370 g/mol. The lowest BCUT2D eigenvalue weighted by atomic mass is 10.0. The maximum absolute atomic E-state index is 12.4. The third kappa shape index (κ3) is 5.57. The highest BCUT2D eigenvalue weighted by atomic mass is 16.6. The summed E-state index contributed by atoms with van der Waals surface area (Å²) in [5.41, 5.74) is 2.65. The van der Waals surface area contributed by atoms with E-state index >= 15 is 0 Å². The van der Waals surface area contributed by atoms with Gasteiger partial charge in [-0.05, 0) is 43.5 Å². The fourth-order valence-corrected chi connectivity index (χ4v) is 2.95. The van der Waals surface area contributed by atoms with Crippen molar-refractivity contribution >= 4 is 17.8 Å². The fraction of sp³-hybridized carbons (Fsp3) is 0.318. The molecule has 1 heterocycles. The minimum absolute atomic E-state index is 0.160. The predicted molar refractivity (Wildman–Crippen MR) is 112 cm³/mol. The smallest absolute Gasteiger partial charge is 0.283 e. The van der Waals surface area contributed by atoms with E-state index < -0.39 is 0 Å². The Kier molecular flexibility index (Phi) is 7.22. The zero-order valence-electron chi connectivity index (χ0n) is 16.7. The number of carbonyl (C=O) groups excluding carboxylic acids is 1. The van der Waals surface area contributed by atoms with Gasteiger partial charge in [0.25, 0.3) is 5.91 Å². The molecule has 0 fully saturated rings. The third-order valence-corrected chi connectivity index (χ3v) is 4.37. The zero-order valence-corrected chi connectivity index (χ0v) is 16.7. The molecule has 1 amide bonds. The number of oxime groups is 1. The van der Waals surface area contributed by atoms with Gasteiger partial charge in [-0.1, -0.05) is 35.5 Å². The lowest BCUT2D eigenvalue weighted by molar-refractivity contribution is -0.136. The van der Waals surface area contributed by atoms with Gasteiger partial charge in [0, 0.05) is 12.1 Å². The van der Waals surface area contributed by atoms with E-state index in [1.807, 2.05) is 55.5 Å². The van der Waals surface area contributed by atoms with Crippen molar-refractivity contribution in [3.8, 4) is 11.5 Å². The molecule has 7 heteroatoms. The van der Waals surface area contributed by atoms with Crippen LogP contribution in [-0.2, 0) is 9.63 Å². The summed E-state index contributed by atoms with van der Waals surface area (Å²) in [6.07, 6.45) is 3.19. The first-order chi connectivity index (χ1) is 14.2. The van der Waals surface area contributed by atoms with Crippen LogP contribution in [0.5, 0.6) is 11.5 Å². The van der Waals surface area contributed by atoms with Gasteiger partial charge in [-0.3, -0.25) is 4.79 Å². The van der Waals surface area contributed by atoms with Crippen LogP contribution in [0.15, 0.2) is 58.8 Å². The number of hydrazone groups is 1. The van der Waals surface area contributed by atoms with Crippen LogP contribution in [0.25, 0.3) is 0 Å². The number of carbonyl (C=O) groups is 1.